The second-order valence-corrected chi connectivity index (χ2v) is 5.15. The predicted octanol–water partition coefficient (Wildman–Crippen LogP) is 2.16. The Morgan fingerprint density at radius 1 is 1.40 bits per heavy atom. The molecule has 1 aromatic carbocycles. The summed E-state index contributed by atoms with van der Waals surface area (Å²) >= 11 is 0. The van der Waals surface area contributed by atoms with Crippen LogP contribution in [0.2, 0.25) is 0 Å². The Labute approximate surface area is 117 Å². The van der Waals surface area contributed by atoms with E-state index in [2.05, 4.69) is 4.98 Å². The molecule has 0 radical (unpaired) electrons. The van der Waals surface area contributed by atoms with Gasteiger partial charge in [0, 0.05) is 24.0 Å². The van der Waals surface area contributed by atoms with Crippen molar-refractivity contribution in [2.24, 2.45) is 5.73 Å². The summed E-state index contributed by atoms with van der Waals surface area (Å²) < 4.78 is 5.98. The number of rotatable bonds is 2. The zero-order valence-electron chi connectivity index (χ0n) is 11.3. The molecule has 0 bridgehead atoms. The van der Waals surface area contributed by atoms with Crippen molar-refractivity contribution in [1.29, 1.82) is 0 Å². The van der Waals surface area contributed by atoms with Gasteiger partial charge >= 0.3 is 6.03 Å². The lowest BCUT2D eigenvalue weighted by atomic mass is 10.2. The van der Waals surface area contributed by atoms with Gasteiger partial charge in [-0.15, -0.1) is 0 Å². The molecule has 3 rings (SSSR count). The number of carbonyl (C=O) groups excluding carboxylic acids is 1. The average molecular weight is 271 g/mol. The monoisotopic (exact) mass is 271 g/mol. The standard InChI is InChI=1S/C15H17N3O2/c1-10-8-12(9-18(10)15(16)19)20-14-13-5-3-2-4-11(13)6-7-17-14/h2-7,10,12H,8-9H2,1H3,(H2,16,19)/t10-,12?/m1/s1. The average Bonchev–Trinajstić information content (AvgIpc) is 2.80. The Morgan fingerprint density at radius 3 is 2.95 bits per heavy atom. The van der Waals surface area contributed by atoms with Gasteiger partial charge in [0.15, 0.2) is 0 Å². The molecule has 1 aliphatic heterocycles. The summed E-state index contributed by atoms with van der Waals surface area (Å²) in [6, 6.07) is 9.62. The van der Waals surface area contributed by atoms with Crippen LogP contribution in [-0.2, 0) is 0 Å². The largest absolute Gasteiger partial charge is 0.472 e. The number of hydrogen-bond acceptors (Lipinski definition) is 3. The van der Waals surface area contributed by atoms with Crippen LogP contribution in [-0.4, -0.2) is 34.6 Å². The highest BCUT2D eigenvalue weighted by Crippen LogP contribution is 2.27. The predicted molar refractivity (Wildman–Crippen MR) is 76.5 cm³/mol. The molecule has 2 aromatic rings. The Bertz CT molecular complexity index is 639. The van der Waals surface area contributed by atoms with E-state index in [1.807, 2.05) is 37.3 Å². The zero-order valence-corrected chi connectivity index (χ0v) is 11.3. The first-order chi connectivity index (χ1) is 9.65. The minimum atomic E-state index is -0.394. The molecule has 2 heterocycles. The van der Waals surface area contributed by atoms with Gasteiger partial charge in [-0.3, -0.25) is 0 Å². The van der Waals surface area contributed by atoms with Crippen LogP contribution in [0.4, 0.5) is 4.79 Å². The number of ether oxygens (including phenoxy) is 1. The number of urea groups is 1. The van der Waals surface area contributed by atoms with Gasteiger partial charge in [0.05, 0.1) is 6.54 Å². The number of fused-ring (bicyclic) bond motifs is 1. The molecule has 5 heteroatoms. The summed E-state index contributed by atoms with van der Waals surface area (Å²) in [4.78, 5) is 17.2. The molecule has 5 nitrogen and oxygen atoms in total. The van der Waals surface area contributed by atoms with E-state index in [0.29, 0.717) is 12.4 Å². The van der Waals surface area contributed by atoms with Gasteiger partial charge in [-0.25, -0.2) is 9.78 Å². The third-order valence-corrected chi connectivity index (χ3v) is 3.73. The summed E-state index contributed by atoms with van der Waals surface area (Å²) in [5.41, 5.74) is 5.35. The van der Waals surface area contributed by atoms with Gasteiger partial charge in [0.1, 0.15) is 6.10 Å². The quantitative estimate of drug-likeness (QED) is 0.910. The molecule has 0 aliphatic carbocycles. The Kier molecular flexibility index (Phi) is 3.18. The summed E-state index contributed by atoms with van der Waals surface area (Å²) in [6.07, 6.45) is 2.45. The van der Waals surface area contributed by atoms with Crippen molar-refractivity contribution in [3.8, 4) is 5.88 Å². The lowest BCUT2D eigenvalue weighted by molar-refractivity contribution is 0.187. The molecule has 1 fully saturated rings. The first kappa shape index (κ1) is 12.7. The van der Waals surface area contributed by atoms with E-state index >= 15 is 0 Å². The third kappa shape index (κ3) is 2.27. The van der Waals surface area contributed by atoms with Crippen molar-refractivity contribution in [3.05, 3.63) is 36.5 Å². The highest BCUT2D eigenvalue weighted by Gasteiger charge is 2.33. The van der Waals surface area contributed by atoms with Crippen LogP contribution < -0.4 is 10.5 Å². The normalized spacial score (nSPS) is 22.1. The number of nitrogens with zero attached hydrogens (tertiary/aromatic N) is 2. The number of primary amides is 1. The van der Waals surface area contributed by atoms with Crippen LogP contribution in [0.5, 0.6) is 5.88 Å². The van der Waals surface area contributed by atoms with Crippen molar-refractivity contribution in [1.82, 2.24) is 9.88 Å². The maximum atomic E-state index is 11.3. The van der Waals surface area contributed by atoms with Crippen LogP contribution in [0.3, 0.4) is 0 Å². The summed E-state index contributed by atoms with van der Waals surface area (Å²) in [6.45, 7) is 2.49. The van der Waals surface area contributed by atoms with E-state index in [0.717, 1.165) is 17.2 Å². The number of benzene rings is 1. The molecule has 1 aliphatic rings. The minimum Gasteiger partial charge on any atom is -0.472 e. The van der Waals surface area contributed by atoms with Gasteiger partial charge in [-0.2, -0.15) is 0 Å². The van der Waals surface area contributed by atoms with E-state index in [1.165, 1.54) is 0 Å². The molecule has 104 valence electrons. The van der Waals surface area contributed by atoms with Crippen LogP contribution in [0, 0.1) is 0 Å². The minimum absolute atomic E-state index is 0.0594. The van der Waals surface area contributed by atoms with Gasteiger partial charge in [0.2, 0.25) is 5.88 Å². The van der Waals surface area contributed by atoms with Crippen LogP contribution in [0.15, 0.2) is 36.5 Å². The highest BCUT2D eigenvalue weighted by molar-refractivity contribution is 5.86. The molecule has 0 spiro atoms. The number of nitrogens with two attached hydrogens (primary N) is 1. The fourth-order valence-electron chi connectivity index (χ4n) is 2.72. The number of aromatic nitrogens is 1. The lowest BCUT2D eigenvalue weighted by Gasteiger charge is -2.17. The number of carbonyl (C=O) groups is 1. The number of likely N-dealkylation sites (tertiary alicyclic amines) is 1. The van der Waals surface area contributed by atoms with E-state index in [-0.39, 0.29) is 12.1 Å². The van der Waals surface area contributed by atoms with Gasteiger partial charge in [-0.05, 0) is 24.4 Å². The topological polar surface area (TPSA) is 68.4 Å². The maximum absolute atomic E-state index is 11.3. The molecule has 2 atom stereocenters. The third-order valence-electron chi connectivity index (χ3n) is 3.73. The molecule has 0 saturated carbocycles. The van der Waals surface area contributed by atoms with Crippen molar-refractivity contribution >= 4 is 16.8 Å². The molecule has 2 amide bonds. The molecule has 1 unspecified atom stereocenters. The van der Waals surface area contributed by atoms with Gasteiger partial charge in [0.25, 0.3) is 0 Å². The summed E-state index contributed by atoms with van der Waals surface area (Å²) in [7, 11) is 0. The lowest BCUT2D eigenvalue weighted by Crippen LogP contribution is -2.38. The van der Waals surface area contributed by atoms with Gasteiger partial charge < -0.3 is 15.4 Å². The van der Waals surface area contributed by atoms with Crippen molar-refractivity contribution < 1.29 is 9.53 Å². The Balaban J connectivity index is 1.82. The second kappa shape index (κ2) is 5.00. The molecule has 1 aromatic heterocycles. The number of hydrogen-bond donors (Lipinski definition) is 1. The van der Waals surface area contributed by atoms with Crippen LogP contribution >= 0.6 is 0 Å². The Hall–Kier alpha value is -2.30. The van der Waals surface area contributed by atoms with Crippen LogP contribution in [0.25, 0.3) is 10.8 Å². The first-order valence-corrected chi connectivity index (χ1v) is 6.71. The maximum Gasteiger partial charge on any atom is 0.315 e. The van der Waals surface area contributed by atoms with Crippen molar-refractivity contribution in [2.45, 2.75) is 25.5 Å². The molecular weight excluding hydrogens is 254 g/mol. The highest BCUT2D eigenvalue weighted by atomic mass is 16.5. The molecule has 1 saturated heterocycles. The van der Waals surface area contributed by atoms with Gasteiger partial charge in [-0.1, -0.05) is 18.2 Å². The Morgan fingerprint density at radius 2 is 2.20 bits per heavy atom. The van der Waals surface area contributed by atoms with Crippen molar-refractivity contribution in [3.63, 3.8) is 0 Å². The van der Waals surface area contributed by atoms with E-state index in [4.69, 9.17) is 10.5 Å². The fraction of sp³-hybridized carbons (Fsp3) is 0.333. The molecule has 2 N–H and O–H groups in total. The van der Waals surface area contributed by atoms with E-state index in [1.54, 1.807) is 11.1 Å². The SMILES string of the molecule is C[C@@H]1CC(Oc2nccc3ccccc23)CN1C(N)=O. The zero-order chi connectivity index (χ0) is 14.1. The fourth-order valence-corrected chi connectivity index (χ4v) is 2.72. The summed E-state index contributed by atoms with van der Waals surface area (Å²) in [5.74, 6) is 0.617. The smallest absolute Gasteiger partial charge is 0.315 e. The first-order valence-electron chi connectivity index (χ1n) is 6.71. The van der Waals surface area contributed by atoms with Crippen molar-refractivity contribution in [2.75, 3.05) is 6.54 Å². The summed E-state index contributed by atoms with van der Waals surface area (Å²) in [5, 5.41) is 2.08. The van der Waals surface area contributed by atoms with E-state index in [9.17, 15) is 4.79 Å². The molecule has 20 heavy (non-hydrogen) atoms. The van der Waals surface area contributed by atoms with Crippen LogP contribution in [0.1, 0.15) is 13.3 Å². The second-order valence-electron chi connectivity index (χ2n) is 5.15. The number of amides is 2. The van der Waals surface area contributed by atoms with E-state index < -0.39 is 6.03 Å². The number of pyridine rings is 1. The molecular formula is C15H17N3O2.